The van der Waals surface area contributed by atoms with Crippen molar-refractivity contribution in [1.29, 1.82) is 0 Å². The number of benzene rings is 1. The van der Waals surface area contributed by atoms with Gasteiger partial charge in [-0.15, -0.1) is 18.3 Å². The summed E-state index contributed by atoms with van der Waals surface area (Å²) in [5.74, 6) is -0.170. The average Bonchev–Trinajstić information content (AvgIpc) is 2.79. The highest BCUT2D eigenvalue weighted by Crippen LogP contribution is 2.41. The molecular weight excluding hydrogens is 256 g/mol. The van der Waals surface area contributed by atoms with Gasteiger partial charge in [0, 0.05) is 10.1 Å². The largest absolute Gasteiger partial charge is 0.456 e. The molecule has 3 rings (SSSR count). The summed E-state index contributed by atoms with van der Waals surface area (Å²) in [5.41, 5.74) is 1.73. The number of thioether (sulfide) groups is 1. The van der Waals surface area contributed by atoms with E-state index in [-0.39, 0.29) is 11.6 Å². The summed E-state index contributed by atoms with van der Waals surface area (Å²) in [6, 6.07) is 5.92. The lowest BCUT2D eigenvalue weighted by atomic mass is 9.82. The minimum absolute atomic E-state index is 0.170. The molecule has 0 bridgehead atoms. The Kier molecular flexibility index (Phi) is 3.17. The van der Waals surface area contributed by atoms with E-state index >= 15 is 0 Å². The van der Waals surface area contributed by atoms with Crippen molar-refractivity contribution in [2.75, 3.05) is 0 Å². The Hall–Kier alpha value is -1.22. The van der Waals surface area contributed by atoms with Crippen molar-refractivity contribution in [2.24, 2.45) is 0 Å². The second-order valence-electron chi connectivity index (χ2n) is 5.58. The molecule has 2 nitrogen and oxygen atoms in total. The minimum atomic E-state index is -0.235. The van der Waals surface area contributed by atoms with Gasteiger partial charge in [0.2, 0.25) is 0 Å². The smallest absolute Gasteiger partial charge is 0.339 e. The molecule has 1 heterocycles. The van der Waals surface area contributed by atoms with Crippen LogP contribution in [0.25, 0.3) is 0 Å². The molecule has 0 N–H and O–H groups in total. The third kappa shape index (κ3) is 2.32. The van der Waals surface area contributed by atoms with Crippen LogP contribution in [-0.2, 0) is 11.2 Å². The standard InChI is InChI=1S/C16H18O2S/c1-3-12-10-11-6-4-7-13(14(11)19-12)15(17)18-16(2)8-5-9-16/h3-4,6-7,12H,1,5,8-10H2,2H3. The Morgan fingerprint density at radius 3 is 2.95 bits per heavy atom. The van der Waals surface area contributed by atoms with Crippen LogP contribution >= 0.6 is 11.8 Å². The highest BCUT2D eigenvalue weighted by atomic mass is 32.2. The molecule has 0 radical (unpaired) electrons. The number of ether oxygens (including phenoxy) is 1. The molecule has 1 aromatic rings. The monoisotopic (exact) mass is 274 g/mol. The molecular formula is C16H18O2S. The van der Waals surface area contributed by atoms with Crippen LogP contribution in [0, 0.1) is 0 Å². The summed E-state index contributed by atoms with van der Waals surface area (Å²) < 4.78 is 5.68. The normalized spacial score (nSPS) is 23.3. The zero-order valence-electron chi connectivity index (χ0n) is 11.1. The third-order valence-corrected chi connectivity index (χ3v) is 5.40. The second kappa shape index (κ2) is 4.71. The van der Waals surface area contributed by atoms with Gasteiger partial charge in [0.15, 0.2) is 0 Å². The van der Waals surface area contributed by atoms with Gasteiger partial charge in [-0.05, 0) is 44.2 Å². The van der Waals surface area contributed by atoms with Crippen LogP contribution in [0.4, 0.5) is 0 Å². The van der Waals surface area contributed by atoms with Crippen LogP contribution in [0.5, 0.6) is 0 Å². The summed E-state index contributed by atoms with van der Waals surface area (Å²) in [6.07, 6.45) is 6.03. The first-order valence-corrected chi connectivity index (χ1v) is 7.64. The summed E-state index contributed by atoms with van der Waals surface area (Å²) in [7, 11) is 0. The minimum Gasteiger partial charge on any atom is -0.456 e. The fourth-order valence-electron chi connectivity index (χ4n) is 2.64. The number of hydrogen-bond donors (Lipinski definition) is 0. The Morgan fingerprint density at radius 2 is 2.32 bits per heavy atom. The molecule has 100 valence electrons. The summed E-state index contributed by atoms with van der Waals surface area (Å²) in [4.78, 5) is 13.4. The lowest BCUT2D eigenvalue weighted by molar-refractivity contribution is -0.0501. The SMILES string of the molecule is C=CC1Cc2cccc(C(=O)OC3(C)CCC3)c2S1. The van der Waals surface area contributed by atoms with E-state index in [9.17, 15) is 4.79 Å². The van der Waals surface area contributed by atoms with Crippen LogP contribution in [0.2, 0.25) is 0 Å². The number of carbonyl (C=O) groups is 1. The Labute approximate surface area is 118 Å². The molecule has 1 atom stereocenters. The Bertz CT molecular complexity index is 532. The number of rotatable bonds is 3. The van der Waals surface area contributed by atoms with Gasteiger partial charge in [-0.1, -0.05) is 18.2 Å². The lowest BCUT2D eigenvalue weighted by Gasteiger charge is -2.37. The fourth-order valence-corrected chi connectivity index (χ4v) is 3.89. The van der Waals surface area contributed by atoms with Crippen molar-refractivity contribution < 1.29 is 9.53 Å². The van der Waals surface area contributed by atoms with Crippen LogP contribution in [0.1, 0.15) is 42.1 Å². The van der Waals surface area contributed by atoms with Crippen LogP contribution in [0.3, 0.4) is 0 Å². The molecule has 0 spiro atoms. The predicted molar refractivity (Wildman–Crippen MR) is 77.7 cm³/mol. The summed E-state index contributed by atoms with van der Waals surface area (Å²) in [5, 5.41) is 0.378. The van der Waals surface area contributed by atoms with E-state index in [0.29, 0.717) is 5.25 Å². The van der Waals surface area contributed by atoms with Crippen LogP contribution in [-0.4, -0.2) is 16.8 Å². The van der Waals surface area contributed by atoms with Gasteiger partial charge in [0.25, 0.3) is 0 Å². The van der Waals surface area contributed by atoms with E-state index in [2.05, 4.69) is 12.6 Å². The third-order valence-electron chi connectivity index (χ3n) is 4.02. The molecule has 1 unspecified atom stereocenters. The van der Waals surface area contributed by atoms with E-state index < -0.39 is 0 Å². The van der Waals surface area contributed by atoms with Gasteiger partial charge in [-0.25, -0.2) is 4.79 Å². The first kappa shape index (κ1) is 12.8. The zero-order valence-corrected chi connectivity index (χ0v) is 12.0. The molecule has 0 amide bonds. The maximum absolute atomic E-state index is 12.3. The van der Waals surface area contributed by atoms with E-state index in [1.54, 1.807) is 11.8 Å². The molecule has 0 aromatic heterocycles. The van der Waals surface area contributed by atoms with Crippen molar-refractivity contribution in [3.05, 3.63) is 42.0 Å². The molecule has 0 saturated heterocycles. The number of carbonyl (C=O) groups excluding carboxylic acids is 1. The van der Waals surface area contributed by atoms with Crippen molar-refractivity contribution in [1.82, 2.24) is 0 Å². The number of hydrogen-bond acceptors (Lipinski definition) is 3. The molecule has 2 aliphatic rings. The molecule has 19 heavy (non-hydrogen) atoms. The van der Waals surface area contributed by atoms with Crippen LogP contribution < -0.4 is 0 Å². The summed E-state index contributed by atoms with van der Waals surface area (Å²) in [6.45, 7) is 5.87. The second-order valence-corrected chi connectivity index (χ2v) is 6.83. The van der Waals surface area contributed by atoms with E-state index in [1.165, 1.54) is 5.56 Å². The first-order chi connectivity index (χ1) is 9.11. The Morgan fingerprint density at radius 1 is 1.53 bits per heavy atom. The Balaban J connectivity index is 1.84. The average molecular weight is 274 g/mol. The van der Waals surface area contributed by atoms with E-state index in [0.717, 1.165) is 36.1 Å². The fraction of sp³-hybridized carbons (Fsp3) is 0.438. The van der Waals surface area contributed by atoms with Gasteiger partial charge in [0.1, 0.15) is 5.60 Å². The van der Waals surface area contributed by atoms with Gasteiger partial charge in [-0.3, -0.25) is 0 Å². The number of fused-ring (bicyclic) bond motifs is 1. The van der Waals surface area contributed by atoms with Crippen LogP contribution in [0.15, 0.2) is 35.7 Å². The van der Waals surface area contributed by atoms with Crippen molar-refractivity contribution >= 4 is 17.7 Å². The topological polar surface area (TPSA) is 26.3 Å². The lowest BCUT2D eigenvalue weighted by Crippen LogP contribution is -2.38. The maximum atomic E-state index is 12.3. The number of esters is 1. The molecule has 3 heteroatoms. The summed E-state index contributed by atoms with van der Waals surface area (Å²) >= 11 is 1.72. The highest BCUT2D eigenvalue weighted by molar-refractivity contribution is 8.00. The molecule has 1 aliphatic heterocycles. The van der Waals surface area contributed by atoms with Gasteiger partial charge in [0.05, 0.1) is 5.56 Å². The predicted octanol–water partition coefficient (Wildman–Crippen LogP) is 3.99. The van der Waals surface area contributed by atoms with Crippen molar-refractivity contribution in [2.45, 2.75) is 48.4 Å². The molecule has 1 aromatic carbocycles. The first-order valence-electron chi connectivity index (χ1n) is 6.76. The van der Waals surface area contributed by atoms with E-state index in [4.69, 9.17) is 4.74 Å². The van der Waals surface area contributed by atoms with Gasteiger partial charge in [-0.2, -0.15) is 0 Å². The zero-order chi connectivity index (χ0) is 13.5. The van der Waals surface area contributed by atoms with Crippen molar-refractivity contribution in [3.8, 4) is 0 Å². The maximum Gasteiger partial charge on any atom is 0.339 e. The molecule has 1 aliphatic carbocycles. The van der Waals surface area contributed by atoms with E-state index in [1.807, 2.05) is 25.1 Å². The quantitative estimate of drug-likeness (QED) is 0.616. The van der Waals surface area contributed by atoms with Crippen molar-refractivity contribution in [3.63, 3.8) is 0 Å². The highest BCUT2D eigenvalue weighted by Gasteiger charge is 2.37. The molecule has 1 fully saturated rings. The van der Waals surface area contributed by atoms with Gasteiger partial charge < -0.3 is 4.74 Å². The molecule has 1 saturated carbocycles. The van der Waals surface area contributed by atoms with Gasteiger partial charge >= 0.3 is 5.97 Å².